The monoisotopic (exact) mass is 469 g/mol. The molecule has 0 aromatic heterocycles. The zero-order valence-corrected chi connectivity index (χ0v) is 20.0. The highest BCUT2D eigenvalue weighted by molar-refractivity contribution is 7.89. The van der Waals surface area contributed by atoms with E-state index < -0.39 is 16.1 Å². The summed E-state index contributed by atoms with van der Waals surface area (Å²) in [6.07, 6.45) is 0. The van der Waals surface area contributed by atoms with Crippen molar-refractivity contribution in [2.75, 3.05) is 0 Å². The molecule has 1 heterocycles. The molecule has 0 unspecified atom stereocenters. The Morgan fingerprint density at radius 3 is 1.85 bits per heavy atom. The molecule has 5 heteroatoms. The Morgan fingerprint density at radius 1 is 0.735 bits per heavy atom. The Labute approximate surface area is 201 Å². The summed E-state index contributed by atoms with van der Waals surface area (Å²) >= 11 is 0. The van der Waals surface area contributed by atoms with Crippen LogP contribution in [0.3, 0.4) is 0 Å². The number of hydrogen-bond donors (Lipinski definition) is 1. The largest absolute Gasteiger partial charge is 0.457 e. The molecule has 4 aromatic rings. The summed E-state index contributed by atoms with van der Waals surface area (Å²) in [5.74, 6) is 1.37. The van der Waals surface area contributed by atoms with Crippen LogP contribution in [0.15, 0.2) is 108 Å². The van der Waals surface area contributed by atoms with Crippen LogP contribution in [0.25, 0.3) is 0 Å². The molecule has 34 heavy (non-hydrogen) atoms. The van der Waals surface area contributed by atoms with Crippen molar-refractivity contribution in [2.45, 2.75) is 36.6 Å². The minimum Gasteiger partial charge on any atom is -0.457 e. The number of para-hydroxylation sites is 2. The molecular weight excluding hydrogens is 442 g/mol. The first-order valence-electron chi connectivity index (χ1n) is 11.4. The van der Waals surface area contributed by atoms with Crippen LogP contribution in [0.5, 0.6) is 11.5 Å². The summed E-state index contributed by atoms with van der Waals surface area (Å²) in [4.78, 5) is 0.268. The van der Waals surface area contributed by atoms with Gasteiger partial charge in [-0.2, -0.15) is 0 Å². The number of hydrogen-bond acceptors (Lipinski definition) is 3. The molecule has 5 rings (SSSR count). The van der Waals surface area contributed by atoms with Crippen LogP contribution in [-0.4, -0.2) is 14.5 Å². The van der Waals surface area contributed by atoms with E-state index in [2.05, 4.69) is 29.0 Å². The minimum absolute atomic E-state index is 0.0840. The number of nitrogens with one attached hydrogen (secondary N) is 1. The normalized spacial score (nSPS) is 15.0. The molecule has 0 bridgehead atoms. The van der Waals surface area contributed by atoms with E-state index >= 15 is 0 Å². The predicted molar refractivity (Wildman–Crippen MR) is 135 cm³/mol. The van der Waals surface area contributed by atoms with Crippen molar-refractivity contribution < 1.29 is 13.2 Å². The fourth-order valence-corrected chi connectivity index (χ4v) is 6.15. The number of benzene rings is 4. The van der Waals surface area contributed by atoms with Gasteiger partial charge in [0.25, 0.3) is 0 Å². The number of ether oxygens (including phenoxy) is 1. The van der Waals surface area contributed by atoms with E-state index in [1.807, 2.05) is 80.6 Å². The van der Waals surface area contributed by atoms with Crippen LogP contribution in [0.4, 0.5) is 0 Å². The molecule has 2 atom stereocenters. The van der Waals surface area contributed by atoms with Gasteiger partial charge in [0, 0.05) is 29.0 Å². The van der Waals surface area contributed by atoms with E-state index in [4.69, 9.17) is 4.74 Å². The summed E-state index contributed by atoms with van der Waals surface area (Å²) in [7, 11) is -3.70. The van der Waals surface area contributed by atoms with E-state index in [1.54, 1.807) is 12.1 Å². The highest BCUT2D eigenvalue weighted by Gasteiger charge is 2.38. The van der Waals surface area contributed by atoms with E-state index in [9.17, 15) is 8.42 Å². The molecule has 0 spiro atoms. The molecule has 4 nitrogen and oxygen atoms in total. The third-order valence-corrected chi connectivity index (χ3v) is 8.06. The van der Waals surface area contributed by atoms with Gasteiger partial charge >= 0.3 is 0 Å². The quantitative estimate of drug-likeness (QED) is 0.356. The Hall–Kier alpha value is -3.41. The van der Waals surface area contributed by atoms with Gasteiger partial charge < -0.3 is 4.74 Å². The SMILES string of the molecule is Cc1ccc(S(=O)(=O)N[C@H](C)[C@@H](c2ccccc2)C2c3ccccc3Oc3ccccc32)cc1. The van der Waals surface area contributed by atoms with Gasteiger partial charge in [-0.3, -0.25) is 0 Å². The van der Waals surface area contributed by atoms with Crippen molar-refractivity contribution >= 4 is 10.0 Å². The first-order chi connectivity index (χ1) is 16.4. The topological polar surface area (TPSA) is 55.4 Å². The Bertz CT molecular complexity index is 1350. The van der Waals surface area contributed by atoms with Crippen molar-refractivity contribution in [1.82, 2.24) is 4.72 Å². The van der Waals surface area contributed by atoms with Gasteiger partial charge in [0.2, 0.25) is 10.0 Å². The lowest BCUT2D eigenvalue weighted by molar-refractivity contribution is 0.406. The Morgan fingerprint density at radius 2 is 1.26 bits per heavy atom. The summed E-state index contributed by atoms with van der Waals surface area (Å²) in [6.45, 7) is 3.89. The summed E-state index contributed by atoms with van der Waals surface area (Å²) in [5, 5.41) is 0. The lowest BCUT2D eigenvalue weighted by Gasteiger charge is -2.37. The standard InChI is InChI=1S/C29H27NO3S/c1-20-16-18-23(19-17-20)34(31,32)30-21(2)28(22-10-4-3-5-11-22)29-24-12-6-8-14-26(24)33-27-15-9-7-13-25(27)29/h3-19,21,28-30H,1-2H3/t21-,28+/m1/s1. The van der Waals surface area contributed by atoms with Crippen molar-refractivity contribution in [3.05, 3.63) is 125 Å². The van der Waals surface area contributed by atoms with Crippen molar-refractivity contribution in [1.29, 1.82) is 0 Å². The number of fused-ring (bicyclic) bond motifs is 2. The maximum atomic E-state index is 13.3. The van der Waals surface area contributed by atoms with Crippen LogP contribution < -0.4 is 9.46 Å². The molecule has 0 saturated carbocycles. The van der Waals surface area contributed by atoms with Crippen LogP contribution in [0.1, 0.15) is 41.0 Å². The maximum Gasteiger partial charge on any atom is 0.240 e. The van der Waals surface area contributed by atoms with Gasteiger partial charge in [0.1, 0.15) is 11.5 Å². The molecule has 1 N–H and O–H groups in total. The average molecular weight is 470 g/mol. The molecule has 0 saturated heterocycles. The lowest BCUT2D eigenvalue weighted by Crippen LogP contribution is -2.40. The Balaban J connectivity index is 1.62. The minimum atomic E-state index is -3.70. The smallest absolute Gasteiger partial charge is 0.240 e. The molecule has 0 aliphatic carbocycles. The van der Waals surface area contributed by atoms with Crippen LogP contribution >= 0.6 is 0 Å². The molecule has 0 amide bonds. The second-order valence-corrected chi connectivity index (χ2v) is 10.5. The zero-order valence-electron chi connectivity index (χ0n) is 19.2. The predicted octanol–water partition coefficient (Wildman–Crippen LogP) is 6.38. The molecule has 0 radical (unpaired) electrons. The van der Waals surface area contributed by atoms with Gasteiger partial charge in [0.05, 0.1) is 4.90 Å². The van der Waals surface area contributed by atoms with Crippen LogP contribution in [0, 0.1) is 6.92 Å². The number of sulfonamides is 1. The summed E-state index contributed by atoms with van der Waals surface area (Å²) < 4.78 is 35.9. The van der Waals surface area contributed by atoms with Gasteiger partial charge in [-0.1, -0.05) is 84.4 Å². The van der Waals surface area contributed by atoms with Gasteiger partial charge in [0.15, 0.2) is 0 Å². The molecule has 1 aliphatic rings. The molecule has 0 fully saturated rings. The number of aryl methyl sites for hydroxylation is 1. The molecule has 172 valence electrons. The third-order valence-electron chi connectivity index (χ3n) is 6.48. The van der Waals surface area contributed by atoms with Gasteiger partial charge in [-0.15, -0.1) is 0 Å². The second-order valence-electron chi connectivity index (χ2n) is 8.81. The highest BCUT2D eigenvalue weighted by Crippen LogP contribution is 2.51. The maximum absolute atomic E-state index is 13.3. The second kappa shape index (κ2) is 9.09. The van der Waals surface area contributed by atoms with E-state index in [0.29, 0.717) is 0 Å². The summed E-state index contributed by atoms with van der Waals surface area (Å²) in [5.41, 5.74) is 4.19. The van der Waals surface area contributed by atoms with E-state index in [-0.39, 0.29) is 16.7 Å². The van der Waals surface area contributed by atoms with E-state index in [0.717, 1.165) is 33.8 Å². The zero-order chi connectivity index (χ0) is 23.7. The van der Waals surface area contributed by atoms with Crippen LogP contribution in [-0.2, 0) is 10.0 Å². The fourth-order valence-electron chi connectivity index (χ4n) is 4.88. The fraction of sp³-hybridized carbons (Fsp3) is 0.172. The first kappa shape index (κ1) is 22.4. The third kappa shape index (κ3) is 4.25. The molecule has 4 aromatic carbocycles. The van der Waals surface area contributed by atoms with Gasteiger partial charge in [-0.05, 0) is 43.7 Å². The number of rotatable bonds is 6. The lowest BCUT2D eigenvalue weighted by atomic mass is 9.73. The highest BCUT2D eigenvalue weighted by atomic mass is 32.2. The Kier molecular flexibility index (Phi) is 5.98. The average Bonchev–Trinajstić information content (AvgIpc) is 2.84. The van der Waals surface area contributed by atoms with Gasteiger partial charge in [-0.25, -0.2) is 13.1 Å². The van der Waals surface area contributed by atoms with Crippen molar-refractivity contribution in [3.8, 4) is 11.5 Å². The molecule has 1 aliphatic heterocycles. The van der Waals surface area contributed by atoms with Crippen LogP contribution in [0.2, 0.25) is 0 Å². The molecular formula is C29H27NO3S. The van der Waals surface area contributed by atoms with Crippen molar-refractivity contribution in [2.24, 2.45) is 0 Å². The summed E-state index contributed by atoms with van der Waals surface area (Å²) in [6, 6.07) is 32.7. The first-order valence-corrected chi connectivity index (χ1v) is 12.9. The van der Waals surface area contributed by atoms with E-state index in [1.165, 1.54) is 0 Å². The van der Waals surface area contributed by atoms with Crippen molar-refractivity contribution in [3.63, 3.8) is 0 Å².